The highest BCUT2D eigenvalue weighted by Gasteiger charge is 2.17. The van der Waals surface area contributed by atoms with E-state index in [9.17, 15) is 4.79 Å². The van der Waals surface area contributed by atoms with Crippen LogP contribution in [0.4, 0.5) is 5.69 Å². The standard InChI is InChI=1S/C11H12ClN5O2/c1-2-19-11(18)10-14-15-16-17(10)6-7-3-4-8(12)5-9(7)13/h3-5H,2,6,13H2,1H3. The first kappa shape index (κ1) is 13.3. The van der Waals surface area contributed by atoms with E-state index in [4.69, 9.17) is 22.1 Å². The number of nitrogen functional groups attached to an aromatic ring is 1. The minimum absolute atomic E-state index is 0.0381. The quantitative estimate of drug-likeness (QED) is 0.667. The molecule has 0 unspecified atom stereocenters. The highest BCUT2D eigenvalue weighted by Crippen LogP contribution is 2.19. The first-order valence-corrected chi connectivity index (χ1v) is 5.96. The van der Waals surface area contributed by atoms with Crippen LogP contribution < -0.4 is 5.73 Å². The molecule has 0 bridgehead atoms. The smallest absolute Gasteiger partial charge is 0.378 e. The van der Waals surface area contributed by atoms with E-state index < -0.39 is 5.97 Å². The van der Waals surface area contributed by atoms with E-state index in [0.717, 1.165) is 5.56 Å². The molecule has 1 aromatic carbocycles. The number of nitrogens with two attached hydrogens (primary N) is 1. The average molecular weight is 282 g/mol. The normalized spacial score (nSPS) is 10.4. The Hall–Kier alpha value is -2.15. The van der Waals surface area contributed by atoms with Crippen molar-refractivity contribution in [2.45, 2.75) is 13.5 Å². The minimum atomic E-state index is -0.569. The maximum Gasteiger partial charge on any atom is 0.378 e. The predicted molar refractivity (Wildman–Crippen MR) is 68.7 cm³/mol. The van der Waals surface area contributed by atoms with Crippen molar-refractivity contribution < 1.29 is 9.53 Å². The van der Waals surface area contributed by atoms with Crippen LogP contribution >= 0.6 is 11.6 Å². The molecule has 2 rings (SSSR count). The number of aromatic nitrogens is 4. The summed E-state index contributed by atoms with van der Waals surface area (Å²) in [5.41, 5.74) is 7.12. The average Bonchev–Trinajstić information content (AvgIpc) is 2.81. The van der Waals surface area contributed by atoms with Crippen LogP contribution in [0.1, 0.15) is 23.1 Å². The van der Waals surface area contributed by atoms with Crippen LogP contribution in [0.25, 0.3) is 0 Å². The van der Waals surface area contributed by atoms with Gasteiger partial charge < -0.3 is 10.5 Å². The molecule has 0 radical (unpaired) electrons. The van der Waals surface area contributed by atoms with Crippen LogP contribution in [-0.4, -0.2) is 32.8 Å². The SMILES string of the molecule is CCOC(=O)c1nnnn1Cc1ccc(Cl)cc1N. The van der Waals surface area contributed by atoms with E-state index in [1.165, 1.54) is 4.68 Å². The van der Waals surface area contributed by atoms with Gasteiger partial charge in [0.1, 0.15) is 0 Å². The summed E-state index contributed by atoms with van der Waals surface area (Å²) < 4.78 is 6.19. The monoisotopic (exact) mass is 281 g/mol. The van der Waals surface area contributed by atoms with E-state index in [2.05, 4.69) is 15.5 Å². The van der Waals surface area contributed by atoms with Crippen LogP contribution in [0, 0.1) is 0 Å². The second-order valence-electron chi connectivity index (χ2n) is 3.72. The summed E-state index contributed by atoms with van der Waals surface area (Å²) in [5.74, 6) is -0.531. The minimum Gasteiger partial charge on any atom is -0.460 e. The molecule has 0 fully saturated rings. The van der Waals surface area contributed by atoms with Gasteiger partial charge in [0, 0.05) is 10.7 Å². The molecule has 7 nitrogen and oxygen atoms in total. The van der Waals surface area contributed by atoms with E-state index >= 15 is 0 Å². The summed E-state index contributed by atoms with van der Waals surface area (Å²) in [4.78, 5) is 11.6. The van der Waals surface area contributed by atoms with Gasteiger partial charge in [-0.1, -0.05) is 17.7 Å². The van der Waals surface area contributed by atoms with Gasteiger partial charge in [0.15, 0.2) is 0 Å². The molecule has 19 heavy (non-hydrogen) atoms. The predicted octanol–water partition coefficient (Wildman–Crippen LogP) is 1.13. The van der Waals surface area contributed by atoms with Gasteiger partial charge in [-0.25, -0.2) is 9.48 Å². The van der Waals surface area contributed by atoms with Gasteiger partial charge in [-0.15, -0.1) is 5.10 Å². The molecule has 2 aromatic rings. The molecular formula is C11H12ClN5O2. The number of hydrogen-bond acceptors (Lipinski definition) is 6. The number of tetrazole rings is 1. The van der Waals surface area contributed by atoms with Crippen LogP contribution in [-0.2, 0) is 11.3 Å². The molecule has 0 saturated heterocycles. The van der Waals surface area contributed by atoms with Gasteiger partial charge in [0.05, 0.1) is 13.2 Å². The summed E-state index contributed by atoms with van der Waals surface area (Å²) in [6, 6.07) is 5.10. The number of halogens is 1. The van der Waals surface area contributed by atoms with Crippen molar-refractivity contribution in [2.75, 3.05) is 12.3 Å². The highest BCUT2D eigenvalue weighted by atomic mass is 35.5. The van der Waals surface area contributed by atoms with Crippen molar-refractivity contribution in [2.24, 2.45) is 0 Å². The van der Waals surface area contributed by atoms with E-state index in [-0.39, 0.29) is 19.0 Å². The third kappa shape index (κ3) is 3.00. The fourth-order valence-corrected chi connectivity index (χ4v) is 1.70. The molecule has 0 aliphatic rings. The van der Waals surface area contributed by atoms with Crippen LogP contribution in [0.2, 0.25) is 5.02 Å². The molecule has 1 aromatic heterocycles. The van der Waals surface area contributed by atoms with E-state index in [1.54, 1.807) is 25.1 Å². The number of benzene rings is 1. The number of anilines is 1. The van der Waals surface area contributed by atoms with Crippen molar-refractivity contribution in [3.05, 3.63) is 34.6 Å². The number of rotatable bonds is 4. The van der Waals surface area contributed by atoms with Crippen molar-refractivity contribution in [1.82, 2.24) is 20.2 Å². The number of esters is 1. The Morgan fingerprint density at radius 3 is 3.00 bits per heavy atom. The summed E-state index contributed by atoms with van der Waals surface area (Å²) in [6.45, 7) is 2.24. The lowest BCUT2D eigenvalue weighted by atomic mass is 10.2. The lowest BCUT2D eigenvalue weighted by molar-refractivity contribution is 0.0505. The summed E-state index contributed by atoms with van der Waals surface area (Å²) in [6.07, 6.45) is 0. The number of nitrogens with zero attached hydrogens (tertiary/aromatic N) is 4. The Morgan fingerprint density at radius 2 is 2.32 bits per heavy atom. The fourth-order valence-electron chi connectivity index (χ4n) is 1.52. The van der Waals surface area contributed by atoms with E-state index in [0.29, 0.717) is 10.7 Å². The van der Waals surface area contributed by atoms with Gasteiger partial charge in [0.2, 0.25) is 0 Å². The molecule has 8 heteroatoms. The molecule has 0 spiro atoms. The van der Waals surface area contributed by atoms with Crippen molar-refractivity contribution >= 4 is 23.3 Å². The molecule has 1 heterocycles. The first-order valence-electron chi connectivity index (χ1n) is 5.59. The number of hydrogen-bond donors (Lipinski definition) is 1. The van der Waals surface area contributed by atoms with E-state index in [1.807, 2.05) is 0 Å². The zero-order valence-corrected chi connectivity index (χ0v) is 11.0. The van der Waals surface area contributed by atoms with Gasteiger partial charge in [0.25, 0.3) is 5.82 Å². The summed E-state index contributed by atoms with van der Waals surface area (Å²) in [7, 11) is 0. The second-order valence-corrected chi connectivity index (χ2v) is 4.16. The third-order valence-electron chi connectivity index (χ3n) is 2.42. The van der Waals surface area contributed by atoms with Gasteiger partial charge >= 0.3 is 5.97 Å². The zero-order valence-electron chi connectivity index (χ0n) is 10.2. The van der Waals surface area contributed by atoms with Gasteiger partial charge in [-0.2, -0.15) is 0 Å². The van der Waals surface area contributed by atoms with Crippen molar-refractivity contribution in [3.8, 4) is 0 Å². The summed E-state index contributed by atoms with van der Waals surface area (Å²) >= 11 is 5.82. The molecule has 2 N–H and O–H groups in total. The van der Waals surface area contributed by atoms with Crippen LogP contribution in [0.15, 0.2) is 18.2 Å². The second kappa shape index (κ2) is 5.66. The Labute approximate surface area is 114 Å². The molecule has 100 valence electrons. The Morgan fingerprint density at radius 1 is 1.53 bits per heavy atom. The highest BCUT2D eigenvalue weighted by molar-refractivity contribution is 6.30. The molecule has 0 aliphatic carbocycles. The maximum absolute atomic E-state index is 11.6. The first-order chi connectivity index (χ1) is 9.11. The third-order valence-corrected chi connectivity index (χ3v) is 2.65. The van der Waals surface area contributed by atoms with Crippen molar-refractivity contribution in [1.29, 1.82) is 0 Å². The molecule has 0 saturated carbocycles. The number of carbonyl (C=O) groups is 1. The Balaban J connectivity index is 2.24. The maximum atomic E-state index is 11.6. The molecule has 0 amide bonds. The topological polar surface area (TPSA) is 95.9 Å². The fraction of sp³-hybridized carbons (Fsp3) is 0.273. The van der Waals surface area contributed by atoms with Crippen LogP contribution in [0.5, 0.6) is 0 Å². The lowest BCUT2D eigenvalue weighted by Crippen LogP contribution is -2.15. The van der Waals surface area contributed by atoms with Crippen LogP contribution in [0.3, 0.4) is 0 Å². The van der Waals surface area contributed by atoms with Gasteiger partial charge in [-0.05, 0) is 35.0 Å². The lowest BCUT2D eigenvalue weighted by Gasteiger charge is -2.07. The number of ether oxygens (including phenoxy) is 1. The number of carbonyl (C=O) groups excluding carboxylic acids is 1. The largest absolute Gasteiger partial charge is 0.460 e. The molecular weight excluding hydrogens is 270 g/mol. The Kier molecular flexibility index (Phi) is 3.96. The summed E-state index contributed by atoms with van der Waals surface area (Å²) in [5, 5.41) is 11.4. The molecule has 0 aliphatic heterocycles. The van der Waals surface area contributed by atoms with Gasteiger partial charge in [-0.3, -0.25) is 0 Å². The van der Waals surface area contributed by atoms with Crippen molar-refractivity contribution in [3.63, 3.8) is 0 Å². The molecule has 0 atom stereocenters. The zero-order chi connectivity index (χ0) is 13.8. The Bertz CT molecular complexity index is 599.